The molecule has 1 atom stereocenters. The number of rotatable bonds is 4. The lowest BCUT2D eigenvalue weighted by Gasteiger charge is -2.25. The van der Waals surface area contributed by atoms with Gasteiger partial charge in [0.05, 0.1) is 22.2 Å². The summed E-state index contributed by atoms with van der Waals surface area (Å²) >= 11 is 0. The van der Waals surface area contributed by atoms with E-state index in [1.807, 2.05) is 0 Å². The molecule has 2 heteroatoms. The number of hydrogen-bond acceptors (Lipinski definition) is 0. The topological polar surface area (TPSA) is 9.86 Å². The molecule has 7 aromatic rings. The quantitative estimate of drug-likeness (QED) is 0.174. The summed E-state index contributed by atoms with van der Waals surface area (Å²) in [6.07, 6.45) is 22.3. The molecule has 2 heterocycles. The van der Waals surface area contributed by atoms with Crippen LogP contribution in [-0.4, -0.2) is 9.13 Å². The second-order valence-electron chi connectivity index (χ2n) is 13.8. The lowest BCUT2D eigenvalue weighted by molar-refractivity contribution is 0.533. The van der Waals surface area contributed by atoms with E-state index in [0.29, 0.717) is 0 Å². The highest BCUT2D eigenvalue weighted by atomic mass is 15.0. The van der Waals surface area contributed by atoms with Crippen molar-refractivity contribution in [2.24, 2.45) is 5.92 Å². The van der Waals surface area contributed by atoms with Crippen molar-refractivity contribution in [1.29, 1.82) is 0 Å². The number of fused-ring (bicyclic) bond motifs is 7. The summed E-state index contributed by atoms with van der Waals surface area (Å²) in [7, 11) is 0. The van der Waals surface area contributed by atoms with Crippen molar-refractivity contribution in [2.75, 3.05) is 0 Å². The van der Waals surface area contributed by atoms with E-state index in [0.717, 1.165) is 31.6 Å². The van der Waals surface area contributed by atoms with Gasteiger partial charge in [-0.05, 0) is 110 Å². The molecule has 0 saturated heterocycles. The average Bonchev–Trinajstić information content (AvgIpc) is 3.67. The Hall–Kier alpha value is -5.34. The second-order valence-corrected chi connectivity index (χ2v) is 13.8. The standard InChI is InChI=1S/C46H38N2/c1-2-11-31(12-3-1)32-21-25-36(26-22-32)47-43-18-8-6-16-38(43)40-29-34(23-27-45(40)47)35-24-28-46-41(30-35)39-17-7-9-19-44(39)48(46)42-20-10-14-33-13-4-5-15-37(33)42/h1-2,4-8,10,13-18,20-21,23-25,27-31H,3,9,11-12,19,22,26H2. The van der Waals surface area contributed by atoms with Crippen LogP contribution in [0.5, 0.6) is 0 Å². The van der Waals surface area contributed by atoms with Crippen LogP contribution in [0.4, 0.5) is 0 Å². The highest BCUT2D eigenvalue weighted by Crippen LogP contribution is 2.41. The number of aromatic nitrogens is 2. The molecule has 0 radical (unpaired) electrons. The molecule has 0 amide bonds. The monoisotopic (exact) mass is 618 g/mol. The number of allylic oxidation sites excluding steroid dienone is 7. The first kappa shape index (κ1) is 27.7. The Bertz CT molecular complexity index is 2540. The van der Waals surface area contributed by atoms with Crippen LogP contribution in [0, 0.1) is 5.92 Å². The van der Waals surface area contributed by atoms with Crippen LogP contribution in [0.25, 0.3) is 72.1 Å². The van der Waals surface area contributed by atoms with E-state index >= 15 is 0 Å². The third kappa shape index (κ3) is 4.32. The van der Waals surface area contributed by atoms with Gasteiger partial charge in [-0.25, -0.2) is 0 Å². The largest absolute Gasteiger partial charge is 0.313 e. The van der Waals surface area contributed by atoms with Gasteiger partial charge in [-0.15, -0.1) is 0 Å². The predicted molar refractivity (Wildman–Crippen MR) is 205 cm³/mol. The summed E-state index contributed by atoms with van der Waals surface area (Å²) in [5.41, 5.74) is 13.5. The van der Waals surface area contributed by atoms with E-state index in [1.165, 1.54) is 96.5 Å². The lowest BCUT2D eigenvalue weighted by atomic mass is 9.83. The maximum atomic E-state index is 2.53. The molecule has 3 aliphatic carbocycles. The number of hydrogen-bond donors (Lipinski definition) is 0. The van der Waals surface area contributed by atoms with E-state index in [2.05, 4.69) is 149 Å². The summed E-state index contributed by atoms with van der Waals surface area (Å²) in [6.45, 7) is 0. The molecule has 5 aromatic carbocycles. The summed E-state index contributed by atoms with van der Waals surface area (Å²) in [5, 5.41) is 6.56. The Morgan fingerprint density at radius 2 is 1.31 bits per heavy atom. The molecular formula is C46H38N2. The van der Waals surface area contributed by atoms with Crippen LogP contribution < -0.4 is 0 Å². The highest BCUT2D eigenvalue weighted by molar-refractivity contribution is 6.11. The Labute approximate surface area is 281 Å². The smallest absolute Gasteiger partial charge is 0.0538 e. The van der Waals surface area contributed by atoms with Gasteiger partial charge in [0.25, 0.3) is 0 Å². The zero-order chi connectivity index (χ0) is 31.6. The first-order valence-electron chi connectivity index (χ1n) is 17.7. The molecular weight excluding hydrogens is 581 g/mol. The fourth-order valence-electron chi connectivity index (χ4n) is 8.84. The average molecular weight is 619 g/mol. The molecule has 0 N–H and O–H groups in total. The summed E-state index contributed by atoms with van der Waals surface area (Å²) in [4.78, 5) is 0. The minimum Gasteiger partial charge on any atom is -0.313 e. The van der Waals surface area contributed by atoms with Gasteiger partial charge in [-0.3, -0.25) is 0 Å². The maximum absolute atomic E-state index is 2.53. The highest BCUT2D eigenvalue weighted by Gasteiger charge is 2.22. The third-order valence-corrected chi connectivity index (χ3v) is 11.2. The van der Waals surface area contributed by atoms with Crippen molar-refractivity contribution in [3.63, 3.8) is 0 Å². The second kappa shape index (κ2) is 11.1. The maximum Gasteiger partial charge on any atom is 0.0538 e. The number of benzene rings is 5. The normalized spacial score (nSPS) is 17.7. The van der Waals surface area contributed by atoms with E-state index < -0.39 is 0 Å². The van der Waals surface area contributed by atoms with Gasteiger partial charge in [-0.2, -0.15) is 0 Å². The number of para-hydroxylation sites is 1. The minimum absolute atomic E-state index is 0.718. The number of nitrogens with zero attached hydrogens (tertiary/aromatic N) is 2. The van der Waals surface area contributed by atoms with Crippen molar-refractivity contribution < 1.29 is 0 Å². The van der Waals surface area contributed by atoms with Gasteiger partial charge in [0.1, 0.15) is 0 Å². The first-order chi connectivity index (χ1) is 23.8. The Morgan fingerprint density at radius 3 is 2.15 bits per heavy atom. The van der Waals surface area contributed by atoms with Crippen molar-refractivity contribution in [1.82, 2.24) is 9.13 Å². The minimum atomic E-state index is 0.718. The van der Waals surface area contributed by atoms with E-state index in [1.54, 1.807) is 5.57 Å². The molecule has 0 bridgehead atoms. The molecule has 0 spiro atoms. The third-order valence-electron chi connectivity index (χ3n) is 11.2. The molecule has 0 saturated carbocycles. The molecule has 2 nitrogen and oxygen atoms in total. The van der Waals surface area contributed by atoms with Crippen molar-refractivity contribution >= 4 is 55.3 Å². The molecule has 0 fully saturated rings. The molecule has 0 aliphatic heterocycles. The molecule has 3 aliphatic rings. The molecule has 10 rings (SSSR count). The van der Waals surface area contributed by atoms with Crippen molar-refractivity contribution in [3.8, 4) is 16.8 Å². The molecule has 2 aromatic heterocycles. The van der Waals surface area contributed by atoms with Crippen molar-refractivity contribution in [2.45, 2.75) is 44.9 Å². The van der Waals surface area contributed by atoms with Crippen LogP contribution >= 0.6 is 0 Å². The Morgan fingerprint density at radius 1 is 0.542 bits per heavy atom. The lowest BCUT2D eigenvalue weighted by Crippen LogP contribution is -2.10. The van der Waals surface area contributed by atoms with Crippen LogP contribution in [0.15, 0.2) is 139 Å². The van der Waals surface area contributed by atoms with Gasteiger partial charge in [-0.1, -0.05) is 103 Å². The zero-order valence-corrected chi connectivity index (χ0v) is 27.2. The van der Waals surface area contributed by atoms with Crippen LogP contribution in [0.3, 0.4) is 0 Å². The first-order valence-corrected chi connectivity index (χ1v) is 17.7. The van der Waals surface area contributed by atoms with Gasteiger partial charge in [0.2, 0.25) is 0 Å². The van der Waals surface area contributed by atoms with Gasteiger partial charge in [0, 0.05) is 38.5 Å². The van der Waals surface area contributed by atoms with E-state index in [4.69, 9.17) is 0 Å². The molecule has 232 valence electrons. The molecule has 1 unspecified atom stereocenters. The predicted octanol–water partition coefficient (Wildman–Crippen LogP) is 12.4. The Kier molecular flexibility index (Phi) is 6.43. The summed E-state index contributed by atoms with van der Waals surface area (Å²) < 4.78 is 5.05. The van der Waals surface area contributed by atoms with Gasteiger partial charge in [0.15, 0.2) is 0 Å². The fourth-order valence-corrected chi connectivity index (χ4v) is 8.84. The SMILES string of the molecule is C1=Cc2c(n(-c3cccc4ccccc34)c3ccc(-c4ccc5c(c4)c4ccccc4n5C4=CC=C(C5CC=CCC5)CC4)cc23)CC1. The van der Waals surface area contributed by atoms with Crippen LogP contribution in [0.1, 0.15) is 49.8 Å². The summed E-state index contributed by atoms with van der Waals surface area (Å²) in [6, 6.07) is 38.7. The van der Waals surface area contributed by atoms with Crippen LogP contribution in [0.2, 0.25) is 0 Å². The summed E-state index contributed by atoms with van der Waals surface area (Å²) in [5.74, 6) is 0.718. The van der Waals surface area contributed by atoms with Crippen molar-refractivity contribution in [3.05, 3.63) is 150 Å². The van der Waals surface area contributed by atoms with Crippen LogP contribution in [-0.2, 0) is 6.42 Å². The van der Waals surface area contributed by atoms with E-state index in [9.17, 15) is 0 Å². The van der Waals surface area contributed by atoms with Gasteiger partial charge < -0.3 is 9.13 Å². The fraction of sp³-hybridized carbons (Fsp3) is 0.174. The van der Waals surface area contributed by atoms with E-state index in [-0.39, 0.29) is 0 Å². The Balaban J connectivity index is 1.10. The van der Waals surface area contributed by atoms with Gasteiger partial charge >= 0.3 is 0 Å². The molecule has 48 heavy (non-hydrogen) atoms. The zero-order valence-electron chi connectivity index (χ0n) is 27.2.